The van der Waals surface area contributed by atoms with Crippen molar-refractivity contribution in [2.24, 2.45) is 0 Å². The molecule has 162 valence electrons. The van der Waals surface area contributed by atoms with Crippen LogP contribution in [0.2, 0.25) is 5.02 Å². The van der Waals surface area contributed by atoms with Crippen LogP contribution >= 0.6 is 11.6 Å². The van der Waals surface area contributed by atoms with E-state index in [0.717, 1.165) is 16.9 Å². The lowest BCUT2D eigenvalue weighted by atomic mass is 10.0. The van der Waals surface area contributed by atoms with Crippen LogP contribution in [0, 0.1) is 6.92 Å². The molecular weight excluding hydrogens is 414 g/mol. The van der Waals surface area contributed by atoms with E-state index in [9.17, 15) is 4.79 Å². The summed E-state index contributed by atoms with van der Waals surface area (Å²) < 4.78 is 16.9. The molecule has 31 heavy (non-hydrogen) atoms. The number of halogens is 1. The lowest BCUT2D eigenvalue weighted by Gasteiger charge is -2.16. The van der Waals surface area contributed by atoms with Crippen LogP contribution in [0.4, 0.5) is 5.69 Å². The molecule has 3 aromatic rings. The van der Waals surface area contributed by atoms with Gasteiger partial charge < -0.3 is 19.5 Å². The van der Waals surface area contributed by atoms with Crippen molar-refractivity contribution in [2.75, 3.05) is 19.0 Å². The van der Waals surface area contributed by atoms with Crippen molar-refractivity contribution in [1.29, 1.82) is 0 Å². The number of nitrogens with one attached hydrogen (secondary N) is 1. The number of rotatable bonds is 8. The minimum atomic E-state index is -0.307. The van der Waals surface area contributed by atoms with Gasteiger partial charge in [0.1, 0.15) is 17.2 Å². The van der Waals surface area contributed by atoms with Gasteiger partial charge in [-0.15, -0.1) is 0 Å². The molecule has 3 aromatic carbocycles. The first kappa shape index (κ1) is 22.5. The second-order valence-electron chi connectivity index (χ2n) is 7.45. The number of aryl methyl sites for hydroxylation is 1. The predicted molar refractivity (Wildman–Crippen MR) is 124 cm³/mol. The van der Waals surface area contributed by atoms with E-state index in [1.54, 1.807) is 49.6 Å². The normalized spacial score (nSPS) is 10.6. The summed E-state index contributed by atoms with van der Waals surface area (Å²) in [4.78, 5) is 12.6. The van der Waals surface area contributed by atoms with Crippen LogP contribution in [0.5, 0.6) is 23.0 Å². The lowest BCUT2D eigenvalue weighted by molar-refractivity contribution is -0.118. The van der Waals surface area contributed by atoms with Gasteiger partial charge in [-0.3, -0.25) is 4.79 Å². The average Bonchev–Trinajstić information content (AvgIpc) is 2.74. The summed E-state index contributed by atoms with van der Waals surface area (Å²) in [5.41, 5.74) is 2.60. The Kier molecular flexibility index (Phi) is 7.42. The molecule has 0 aromatic heterocycles. The number of ether oxygens (including phenoxy) is 3. The zero-order valence-corrected chi connectivity index (χ0v) is 18.8. The van der Waals surface area contributed by atoms with Crippen LogP contribution in [-0.2, 0) is 4.79 Å². The van der Waals surface area contributed by atoms with E-state index in [1.165, 1.54) is 0 Å². The Balaban J connectivity index is 1.71. The molecule has 0 saturated carbocycles. The van der Waals surface area contributed by atoms with Crippen LogP contribution in [-0.4, -0.2) is 19.6 Å². The highest BCUT2D eigenvalue weighted by Crippen LogP contribution is 2.33. The number of amides is 1. The van der Waals surface area contributed by atoms with Gasteiger partial charge in [0, 0.05) is 5.02 Å². The minimum absolute atomic E-state index is 0.127. The van der Waals surface area contributed by atoms with E-state index in [1.807, 2.05) is 25.1 Å². The third-order valence-electron chi connectivity index (χ3n) is 4.65. The standard InChI is InChI=1S/C25H26ClNO4/c1-16(2)21-11-5-17(3)13-24(21)30-15-25(28)27-22-14-18(26)6-12-23(22)31-20-9-7-19(29-4)8-10-20/h5-14,16H,15H2,1-4H3,(H,27,28). The van der Waals surface area contributed by atoms with Gasteiger partial charge in [0.2, 0.25) is 0 Å². The molecule has 0 unspecified atom stereocenters. The molecule has 0 aliphatic carbocycles. The van der Waals surface area contributed by atoms with Gasteiger partial charge in [-0.2, -0.15) is 0 Å². The molecule has 0 atom stereocenters. The van der Waals surface area contributed by atoms with E-state index in [2.05, 4.69) is 19.2 Å². The van der Waals surface area contributed by atoms with Crippen LogP contribution in [0.25, 0.3) is 0 Å². The highest BCUT2D eigenvalue weighted by molar-refractivity contribution is 6.31. The highest BCUT2D eigenvalue weighted by Gasteiger charge is 2.13. The second kappa shape index (κ2) is 10.2. The summed E-state index contributed by atoms with van der Waals surface area (Å²) in [7, 11) is 1.60. The van der Waals surface area contributed by atoms with Crippen molar-refractivity contribution in [3.63, 3.8) is 0 Å². The fraction of sp³-hybridized carbons (Fsp3) is 0.240. The Labute approximate surface area is 187 Å². The number of hydrogen-bond acceptors (Lipinski definition) is 4. The summed E-state index contributed by atoms with van der Waals surface area (Å²) in [6.45, 7) is 6.04. The molecule has 0 fully saturated rings. The van der Waals surface area contributed by atoms with E-state index in [-0.39, 0.29) is 18.4 Å². The number of carbonyl (C=O) groups excluding carboxylic acids is 1. The zero-order chi connectivity index (χ0) is 22.4. The summed E-state index contributed by atoms with van der Waals surface area (Å²) in [5, 5.41) is 3.31. The van der Waals surface area contributed by atoms with Crippen molar-refractivity contribution in [3.8, 4) is 23.0 Å². The first-order valence-corrected chi connectivity index (χ1v) is 10.4. The number of carbonyl (C=O) groups is 1. The molecule has 0 aliphatic rings. The number of hydrogen-bond donors (Lipinski definition) is 1. The van der Waals surface area contributed by atoms with E-state index in [4.69, 9.17) is 25.8 Å². The van der Waals surface area contributed by atoms with Crippen molar-refractivity contribution < 1.29 is 19.0 Å². The molecular formula is C25H26ClNO4. The van der Waals surface area contributed by atoms with Crippen molar-refractivity contribution >= 4 is 23.2 Å². The Morgan fingerprint density at radius 3 is 2.35 bits per heavy atom. The van der Waals surface area contributed by atoms with Gasteiger partial charge >= 0.3 is 0 Å². The molecule has 0 saturated heterocycles. The fourth-order valence-corrected chi connectivity index (χ4v) is 3.20. The van der Waals surface area contributed by atoms with Crippen molar-refractivity contribution in [1.82, 2.24) is 0 Å². The summed E-state index contributed by atoms with van der Waals surface area (Å²) in [5.74, 6) is 2.50. The average molecular weight is 440 g/mol. The summed E-state index contributed by atoms with van der Waals surface area (Å²) in [6.07, 6.45) is 0. The minimum Gasteiger partial charge on any atom is -0.497 e. The first-order valence-electron chi connectivity index (χ1n) is 10.0. The summed E-state index contributed by atoms with van der Waals surface area (Å²) in [6, 6.07) is 18.2. The molecule has 0 radical (unpaired) electrons. The third-order valence-corrected chi connectivity index (χ3v) is 4.89. The van der Waals surface area contributed by atoms with Crippen LogP contribution in [0.15, 0.2) is 60.7 Å². The van der Waals surface area contributed by atoms with E-state index in [0.29, 0.717) is 28.0 Å². The van der Waals surface area contributed by atoms with Gasteiger partial charge in [-0.1, -0.05) is 37.6 Å². The first-order chi connectivity index (χ1) is 14.9. The van der Waals surface area contributed by atoms with E-state index < -0.39 is 0 Å². The maximum absolute atomic E-state index is 12.6. The Bertz CT molecular complexity index is 1050. The van der Waals surface area contributed by atoms with Gasteiger partial charge in [0.25, 0.3) is 5.91 Å². The van der Waals surface area contributed by atoms with Gasteiger partial charge in [-0.25, -0.2) is 0 Å². The number of methoxy groups -OCH3 is 1. The molecule has 3 rings (SSSR count). The maximum Gasteiger partial charge on any atom is 0.262 e. The Morgan fingerprint density at radius 1 is 0.968 bits per heavy atom. The topological polar surface area (TPSA) is 56.8 Å². The molecule has 1 N–H and O–H groups in total. The summed E-state index contributed by atoms with van der Waals surface area (Å²) >= 11 is 6.13. The van der Waals surface area contributed by atoms with Crippen molar-refractivity contribution in [2.45, 2.75) is 26.7 Å². The highest BCUT2D eigenvalue weighted by atomic mass is 35.5. The predicted octanol–water partition coefficient (Wildman–Crippen LogP) is 6.59. The Morgan fingerprint density at radius 2 is 1.68 bits per heavy atom. The van der Waals surface area contributed by atoms with Crippen LogP contribution in [0.1, 0.15) is 30.9 Å². The van der Waals surface area contributed by atoms with Crippen molar-refractivity contribution in [3.05, 3.63) is 76.8 Å². The van der Waals surface area contributed by atoms with Crippen LogP contribution < -0.4 is 19.5 Å². The monoisotopic (exact) mass is 439 g/mol. The SMILES string of the molecule is COc1ccc(Oc2ccc(Cl)cc2NC(=O)COc2cc(C)ccc2C(C)C)cc1. The molecule has 6 heteroatoms. The zero-order valence-electron chi connectivity index (χ0n) is 18.1. The van der Waals surface area contributed by atoms with E-state index >= 15 is 0 Å². The van der Waals surface area contributed by atoms with Gasteiger partial charge in [0.15, 0.2) is 12.4 Å². The Hall–Kier alpha value is -3.18. The molecule has 0 spiro atoms. The lowest BCUT2D eigenvalue weighted by Crippen LogP contribution is -2.21. The quantitative estimate of drug-likeness (QED) is 0.430. The maximum atomic E-state index is 12.6. The molecule has 0 heterocycles. The third kappa shape index (κ3) is 6.15. The number of anilines is 1. The molecule has 0 aliphatic heterocycles. The van der Waals surface area contributed by atoms with Gasteiger partial charge in [0.05, 0.1) is 12.8 Å². The second-order valence-corrected chi connectivity index (χ2v) is 7.89. The van der Waals surface area contributed by atoms with Crippen LogP contribution in [0.3, 0.4) is 0 Å². The van der Waals surface area contributed by atoms with Gasteiger partial charge in [-0.05, 0) is 72.5 Å². The molecule has 5 nitrogen and oxygen atoms in total. The number of benzene rings is 3. The molecule has 1 amide bonds. The largest absolute Gasteiger partial charge is 0.497 e. The fourth-order valence-electron chi connectivity index (χ4n) is 3.03. The smallest absolute Gasteiger partial charge is 0.262 e. The molecule has 0 bridgehead atoms.